The Kier molecular flexibility index (Phi) is 34.8. The molecular weight excluding hydrogens is 739 g/mol. The molecule has 0 aromatic rings. The standard InChI is InChI=1S/C47H87NO10/c1-3-5-7-9-11-13-15-16-17-18-19-20-21-22-23-24-25-27-29-31-33-35-40(51)46(56)48-38(37-57-47-45(55)44(54)43(53)41(36-49)58-47)42(52)39(50)34-32-30-28-26-14-12-10-8-6-4-2/h8,10,21-22,26,28,38-45,47,49-55H,3-7,9,11-20,23-25,27,29-37H2,1-2H3,(H,48,56)/b10-8+,22-21-,28-26+. The van der Waals surface area contributed by atoms with Crippen LogP contribution in [0.3, 0.4) is 0 Å². The van der Waals surface area contributed by atoms with E-state index in [1.54, 1.807) is 0 Å². The molecule has 0 aromatic carbocycles. The molecule has 0 aliphatic carbocycles. The zero-order valence-electron chi connectivity index (χ0n) is 36.5. The van der Waals surface area contributed by atoms with Crippen LogP contribution in [0.1, 0.15) is 187 Å². The second kappa shape index (κ2) is 37.1. The first-order chi connectivity index (χ1) is 28.2. The summed E-state index contributed by atoms with van der Waals surface area (Å²) in [5.41, 5.74) is 0. The molecule has 1 aliphatic rings. The molecule has 58 heavy (non-hydrogen) atoms. The number of unbranched alkanes of at least 4 members (excludes halogenated alkanes) is 20. The lowest BCUT2D eigenvalue weighted by Gasteiger charge is -2.40. The summed E-state index contributed by atoms with van der Waals surface area (Å²) in [5.74, 6) is -0.718. The van der Waals surface area contributed by atoms with Gasteiger partial charge in [0.05, 0.1) is 25.4 Å². The molecule has 9 unspecified atom stereocenters. The molecule has 1 amide bonds. The molecule has 8 N–H and O–H groups in total. The van der Waals surface area contributed by atoms with Gasteiger partial charge in [0, 0.05) is 0 Å². The second-order valence-corrected chi connectivity index (χ2v) is 16.5. The summed E-state index contributed by atoms with van der Waals surface area (Å²) in [6, 6.07) is -1.19. The maximum Gasteiger partial charge on any atom is 0.249 e. The number of aliphatic hydroxyl groups excluding tert-OH is 7. The van der Waals surface area contributed by atoms with Gasteiger partial charge in [-0.2, -0.15) is 0 Å². The molecule has 0 saturated carbocycles. The summed E-state index contributed by atoms with van der Waals surface area (Å²) >= 11 is 0. The van der Waals surface area contributed by atoms with Crippen LogP contribution < -0.4 is 5.32 Å². The van der Waals surface area contributed by atoms with Gasteiger partial charge in [0.2, 0.25) is 5.91 Å². The summed E-state index contributed by atoms with van der Waals surface area (Å²) in [5, 5.41) is 75.4. The molecular formula is C47H87NO10. The van der Waals surface area contributed by atoms with Crippen LogP contribution in [0.15, 0.2) is 36.5 Å². The maximum absolute atomic E-state index is 13.1. The molecule has 0 bridgehead atoms. The van der Waals surface area contributed by atoms with Crippen molar-refractivity contribution in [1.29, 1.82) is 0 Å². The van der Waals surface area contributed by atoms with E-state index >= 15 is 0 Å². The molecule has 11 heteroatoms. The Labute approximate surface area is 352 Å². The van der Waals surface area contributed by atoms with E-state index in [0.29, 0.717) is 19.3 Å². The quantitative estimate of drug-likeness (QED) is 0.0227. The summed E-state index contributed by atoms with van der Waals surface area (Å²) in [7, 11) is 0. The number of amides is 1. The Balaban J connectivity index is 2.40. The monoisotopic (exact) mass is 826 g/mol. The van der Waals surface area contributed by atoms with Crippen LogP contribution in [0.4, 0.5) is 0 Å². The number of hydrogen-bond donors (Lipinski definition) is 8. The lowest BCUT2D eigenvalue weighted by Crippen LogP contribution is -2.60. The van der Waals surface area contributed by atoms with Crippen LogP contribution in [-0.2, 0) is 14.3 Å². The fraction of sp³-hybridized carbons (Fsp3) is 0.851. The van der Waals surface area contributed by atoms with Gasteiger partial charge >= 0.3 is 0 Å². The number of carbonyl (C=O) groups excluding carboxylic acids is 1. The third-order valence-electron chi connectivity index (χ3n) is 11.1. The Morgan fingerprint density at radius 3 is 1.60 bits per heavy atom. The zero-order valence-corrected chi connectivity index (χ0v) is 36.5. The Morgan fingerprint density at radius 2 is 1.07 bits per heavy atom. The van der Waals surface area contributed by atoms with E-state index in [-0.39, 0.29) is 12.8 Å². The lowest BCUT2D eigenvalue weighted by atomic mass is 9.98. The van der Waals surface area contributed by atoms with E-state index < -0.39 is 74.2 Å². The number of aliphatic hydroxyl groups is 7. The van der Waals surface area contributed by atoms with Crippen molar-refractivity contribution in [3.8, 4) is 0 Å². The summed E-state index contributed by atoms with van der Waals surface area (Å²) in [4.78, 5) is 13.1. The van der Waals surface area contributed by atoms with Crippen LogP contribution in [0.25, 0.3) is 0 Å². The fourth-order valence-electron chi connectivity index (χ4n) is 7.22. The molecule has 9 atom stereocenters. The van der Waals surface area contributed by atoms with Gasteiger partial charge in [0.25, 0.3) is 0 Å². The van der Waals surface area contributed by atoms with Crippen molar-refractivity contribution < 1.29 is 50.0 Å². The summed E-state index contributed by atoms with van der Waals surface area (Å²) < 4.78 is 11.0. The lowest BCUT2D eigenvalue weighted by molar-refractivity contribution is -0.303. The smallest absolute Gasteiger partial charge is 0.249 e. The molecule has 340 valence electrons. The number of nitrogens with one attached hydrogen (secondary N) is 1. The van der Waals surface area contributed by atoms with Crippen LogP contribution in [0, 0.1) is 0 Å². The van der Waals surface area contributed by atoms with Crippen molar-refractivity contribution in [2.75, 3.05) is 13.2 Å². The van der Waals surface area contributed by atoms with Crippen LogP contribution in [0.5, 0.6) is 0 Å². The first kappa shape index (κ1) is 54.3. The molecule has 1 rings (SSSR count). The number of hydrogen-bond acceptors (Lipinski definition) is 10. The van der Waals surface area contributed by atoms with Crippen molar-refractivity contribution in [2.45, 2.75) is 242 Å². The molecule has 1 fully saturated rings. The Bertz CT molecular complexity index is 1040. The third kappa shape index (κ3) is 26.5. The summed E-state index contributed by atoms with van der Waals surface area (Å²) in [6.07, 6.45) is 30.7. The van der Waals surface area contributed by atoms with E-state index in [0.717, 1.165) is 64.2 Å². The van der Waals surface area contributed by atoms with Gasteiger partial charge in [-0.15, -0.1) is 0 Å². The van der Waals surface area contributed by atoms with Gasteiger partial charge in [0.1, 0.15) is 36.6 Å². The topological polar surface area (TPSA) is 189 Å². The van der Waals surface area contributed by atoms with Crippen LogP contribution in [-0.4, -0.2) is 110 Å². The fourth-order valence-corrected chi connectivity index (χ4v) is 7.22. The van der Waals surface area contributed by atoms with E-state index in [9.17, 15) is 40.5 Å². The normalized spacial score (nSPS) is 22.3. The number of rotatable bonds is 38. The highest BCUT2D eigenvalue weighted by atomic mass is 16.7. The molecule has 0 aromatic heterocycles. The van der Waals surface area contributed by atoms with Gasteiger partial charge in [0.15, 0.2) is 6.29 Å². The van der Waals surface area contributed by atoms with Crippen molar-refractivity contribution in [2.24, 2.45) is 0 Å². The Hall–Kier alpha value is -1.67. The van der Waals surface area contributed by atoms with Gasteiger partial charge in [-0.3, -0.25) is 4.79 Å². The third-order valence-corrected chi connectivity index (χ3v) is 11.1. The highest BCUT2D eigenvalue weighted by Gasteiger charge is 2.44. The predicted octanol–water partition coefficient (Wildman–Crippen LogP) is 7.61. The Morgan fingerprint density at radius 1 is 0.586 bits per heavy atom. The van der Waals surface area contributed by atoms with Gasteiger partial charge in [-0.25, -0.2) is 0 Å². The van der Waals surface area contributed by atoms with Crippen molar-refractivity contribution in [3.63, 3.8) is 0 Å². The van der Waals surface area contributed by atoms with Crippen molar-refractivity contribution in [1.82, 2.24) is 5.32 Å². The molecule has 1 heterocycles. The maximum atomic E-state index is 13.1. The molecule has 0 spiro atoms. The van der Waals surface area contributed by atoms with E-state index in [1.807, 2.05) is 6.08 Å². The van der Waals surface area contributed by atoms with Gasteiger partial charge in [-0.05, 0) is 70.6 Å². The minimum Gasteiger partial charge on any atom is -0.394 e. The van der Waals surface area contributed by atoms with Gasteiger partial charge < -0.3 is 50.5 Å². The largest absolute Gasteiger partial charge is 0.394 e. The number of ether oxygens (including phenoxy) is 2. The molecule has 1 saturated heterocycles. The average Bonchev–Trinajstić information content (AvgIpc) is 3.22. The van der Waals surface area contributed by atoms with E-state index in [4.69, 9.17) is 9.47 Å². The first-order valence-electron chi connectivity index (χ1n) is 23.4. The molecule has 1 aliphatic heterocycles. The van der Waals surface area contributed by atoms with E-state index in [1.165, 1.54) is 77.0 Å². The second-order valence-electron chi connectivity index (χ2n) is 16.5. The first-order valence-corrected chi connectivity index (χ1v) is 23.4. The minimum absolute atomic E-state index is 0.243. The number of allylic oxidation sites excluding steroid dienone is 6. The van der Waals surface area contributed by atoms with Gasteiger partial charge in [-0.1, -0.05) is 153 Å². The predicted molar refractivity (Wildman–Crippen MR) is 233 cm³/mol. The highest BCUT2D eigenvalue weighted by molar-refractivity contribution is 5.80. The SMILES string of the molecule is CCC/C=C/CC/C=C/CCCC(O)C(O)C(COC1OC(CO)C(O)C(O)C1O)NC(=O)C(O)CCCCCCCC/C=C\CCCCCCCCCCCCC. The van der Waals surface area contributed by atoms with E-state index in [2.05, 4.69) is 49.5 Å². The molecule has 11 nitrogen and oxygen atoms in total. The summed E-state index contributed by atoms with van der Waals surface area (Å²) in [6.45, 7) is 3.33. The average molecular weight is 826 g/mol. The van der Waals surface area contributed by atoms with Crippen molar-refractivity contribution in [3.05, 3.63) is 36.5 Å². The zero-order chi connectivity index (χ0) is 42.6. The van der Waals surface area contributed by atoms with Crippen molar-refractivity contribution >= 4 is 5.91 Å². The highest BCUT2D eigenvalue weighted by Crippen LogP contribution is 2.23. The number of carbonyl (C=O) groups is 1. The minimum atomic E-state index is -1.67. The molecule has 0 radical (unpaired) electrons. The van der Waals surface area contributed by atoms with Crippen LogP contribution in [0.2, 0.25) is 0 Å². The van der Waals surface area contributed by atoms with Crippen LogP contribution >= 0.6 is 0 Å².